The zero-order chi connectivity index (χ0) is 24.7. The van der Waals surface area contributed by atoms with Gasteiger partial charge in [-0.3, -0.25) is 9.69 Å². The zero-order valence-electron chi connectivity index (χ0n) is 20.8. The van der Waals surface area contributed by atoms with Crippen molar-refractivity contribution in [2.45, 2.75) is 31.6 Å². The van der Waals surface area contributed by atoms with Crippen LogP contribution < -0.4 is 4.90 Å². The van der Waals surface area contributed by atoms with Gasteiger partial charge in [-0.2, -0.15) is 0 Å². The number of ether oxygens (including phenoxy) is 1. The largest absolute Gasteiger partial charge is 0.468 e. The number of carbonyl (C=O) groups excluding carboxylic acids is 1. The highest BCUT2D eigenvalue weighted by atomic mass is 19.1. The van der Waals surface area contributed by atoms with Crippen molar-refractivity contribution in [3.05, 3.63) is 90.2 Å². The number of anilines is 1. The van der Waals surface area contributed by atoms with Crippen molar-refractivity contribution in [3.8, 4) is 11.1 Å². The summed E-state index contributed by atoms with van der Waals surface area (Å²) in [5.74, 6) is -0.536. The summed E-state index contributed by atoms with van der Waals surface area (Å²) in [6.07, 6.45) is 2.19. The summed E-state index contributed by atoms with van der Waals surface area (Å²) in [5, 5.41) is 0. The van der Waals surface area contributed by atoms with E-state index in [1.807, 2.05) is 13.0 Å². The third-order valence-electron chi connectivity index (χ3n) is 7.37. The maximum atomic E-state index is 13.5. The van der Waals surface area contributed by atoms with E-state index in [1.165, 1.54) is 36.1 Å². The molecule has 1 aliphatic rings. The number of nitrogens with zero attached hydrogens (tertiary/aromatic N) is 2. The van der Waals surface area contributed by atoms with Gasteiger partial charge in [0.25, 0.3) is 0 Å². The van der Waals surface area contributed by atoms with E-state index in [0.717, 1.165) is 44.7 Å². The van der Waals surface area contributed by atoms with E-state index in [1.54, 1.807) is 12.1 Å². The molecule has 5 heteroatoms. The second-order valence-corrected chi connectivity index (χ2v) is 9.28. The number of hydrogen-bond acceptors (Lipinski definition) is 4. The van der Waals surface area contributed by atoms with Crippen LogP contribution in [0.1, 0.15) is 31.7 Å². The van der Waals surface area contributed by atoms with Crippen molar-refractivity contribution in [2.24, 2.45) is 0 Å². The summed E-state index contributed by atoms with van der Waals surface area (Å²) in [7, 11) is 1.43. The number of carbonyl (C=O) groups is 1. The predicted octanol–water partition coefficient (Wildman–Crippen LogP) is 5.92. The molecular formula is C30H35FN2O2. The van der Waals surface area contributed by atoms with E-state index >= 15 is 0 Å². The van der Waals surface area contributed by atoms with Crippen molar-refractivity contribution in [3.63, 3.8) is 0 Å². The van der Waals surface area contributed by atoms with Gasteiger partial charge in [0.1, 0.15) is 5.82 Å². The van der Waals surface area contributed by atoms with Crippen LogP contribution in [0, 0.1) is 5.82 Å². The van der Waals surface area contributed by atoms with E-state index in [4.69, 9.17) is 4.74 Å². The molecule has 0 saturated carbocycles. The van der Waals surface area contributed by atoms with Crippen LogP contribution >= 0.6 is 0 Å². The number of benzene rings is 3. The molecule has 0 aliphatic carbocycles. The lowest BCUT2D eigenvalue weighted by molar-refractivity contribution is -0.148. The molecule has 0 spiro atoms. The number of esters is 1. The Morgan fingerprint density at radius 1 is 0.886 bits per heavy atom. The molecule has 4 rings (SSSR count). The van der Waals surface area contributed by atoms with Gasteiger partial charge in [0.15, 0.2) is 0 Å². The van der Waals surface area contributed by atoms with Crippen LogP contribution in [-0.2, 0) is 14.9 Å². The Morgan fingerprint density at radius 3 is 2.11 bits per heavy atom. The Hall–Kier alpha value is -3.18. The molecule has 3 aromatic carbocycles. The standard InChI is InChI=1S/C30H35FN2O2/c1-3-30(29(34)35-2,26-12-14-27(31)15-13-26)18-7-19-32-20-22-33(23-21-32)28-16-10-25(11-17-28)24-8-5-4-6-9-24/h4-6,8-17H,3,7,18-23H2,1-2H3. The third-order valence-corrected chi connectivity index (χ3v) is 7.37. The first kappa shape index (κ1) is 24.9. The monoisotopic (exact) mass is 474 g/mol. The topological polar surface area (TPSA) is 32.8 Å². The molecule has 1 unspecified atom stereocenters. The van der Waals surface area contributed by atoms with Crippen LogP contribution in [0.3, 0.4) is 0 Å². The summed E-state index contributed by atoms with van der Waals surface area (Å²) >= 11 is 0. The fourth-order valence-electron chi connectivity index (χ4n) is 5.18. The lowest BCUT2D eigenvalue weighted by atomic mass is 9.74. The molecule has 4 nitrogen and oxygen atoms in total. The van der Waals surface area contributed by atoms with Crippen molar-refractivity contribution in [1.82, 2.24) is 4.90 Å². The van der Waals surface area contributed by atoms with Gasteiger partial charge in [0, 0.05) is 31.9 Å². The average Bonchev–Trinajstić information content (AvgIpc) is 2.92. The first-order chi connectivity index (χ1) is 17.1. The molecular weight excluding hydrogens is 439 g/mol. The molecule has 3 aromatic rings. The highest BCUT2D eigenvalue weighted by Gasteiger charge is 2.39. The Morgan fingerprint density at radius 2 is 1.51 bits per heavy atom. The van der Waals surface area contributed by atoms with E-state index < -0.39 is 5.41 Å². The predicted molar refractivity (Wildman–Crippen MR) is 140 cm³/mol. The highest BCUT2D eigenvalue weighted by molar-refractivity contribution is 5.83. The SMILES string of the molecule is CCC(CCCN1CCN(c2ccc(-c3ccccc3)cc2)CC1)(C(=O)OC)c1ccc(F)cc1. The van der Waals surface area contributed by atoms with Crippen molar-refractivity contribution >= 4 is 11.7 Å². The third kappa shape index (κ3) is 5.73. The summed E-state index contributed by atoms with van der Waals surface area (Å²) in [5.41, 5.74) is 3.83. The molecule has 35 heavy (non-hydrogen) atoms. The van der Waals surface area contributed by atoms with Gasteiger partial charge in [-0.05, 0) is 66.8 Å². The maximum Gasteiger partial charge on any atom is 0.316 e. The lowest BCUT2D eigenvalue weighted by Crippen LogP contribution is -2.47. The molecule has 0 amide bonds. The van der Waals surface area contributed by atoms with Crippen LogP contribution in [0.15, 0.2) is 78.9 Å². The van der Waals surface area contributed by atoms with Gasteiger partial charge < -0.3 is 9.64 Å². The van der Waals surface area contributed by atoms with Crippen LogP contribution in [0.25, 0.3) is 11.1 Å². The van der Waals surface area contributed by atoms with Crippen molar-refractivity contribution in [2.75, 3.05) is 44.7 Å². The van der Waals surface area contributed by atoms with E-state index in [9.17, 15) is 9.18 Å². The van der Waals surface area contributed by atoms with Crippen molar-refractivity contribution in [1.29, 1.82) is 0 Å². The van der Waals surface area contributed by atoms with E-state index in [2.05, 4.69) is 58.3 Å². The number of hydrogen-bond donors (Lipinski definition) is 0. The Kier molecular flexibility index (Phi) is 8.19. The Balaban J connectivity index is 1.31. The fourth-order valence-corrected chi connectivity index (χ4v) is 5.18. The molecule has 1 atom stereocenters. The Labute approximate surface area is 208 Å². The minimum absolute atomic E-state index is 0.240. The Bertz CT molecular complexity index is 1080. The first-order valence-corrected chi connectivity index (χ1v) is 12.5. The quantitative estimate of drug-likeness (QED) is 0.361. The van der Waals surface area contributed by atoms with Gasteiger partial charge >= 0.3 is 5.97 Å². The van der Waals surface area contributed by atoms with E-state index in [0.29, 0.717) is 12.8 Å². The average molecular weight is 475 g/mol. The summed E-state index contributed by atoms with van der Waals surface area (Å²) < 4.78 is 18.7. The molecule has 1 fully saturated rings. The molecule has 0 N–H and O–H groups in total. The van der Waals surface area contributed by atoms with Crippen LogP contribution in [0.2, 0.25) is 0 Å². The number of methoxy groups -OCH3 is 1. The summed E-state index contributed by atoms with van der Waals surface area (Å²) in [6.45, 7) is 6.89. The maximum absolute atomic E-state index is 13.5. The van der Waals surface area contributed by atoms with E-state index in [-0.39, 0.29) is 11.8 Å². The lowest BCUT2D eigenvalue weighted by Gasteiger charge is -2.37. The summed E-state index contributed by atoms with van der Waals surface area (Å²) in [6, 6.07) is 25.6. The normalized spacial score (nSPS) is 16.0. The molecule has 0 radical (unpaired) electrons. The minimum atomic E-state index is -0.731. The van der Waals surface area contributed by atoms with Gasteiger partial charge in [-0.15, -0.1) is 0 Å². The van der Waals surface area contributed by atoms with Gasteiger partial charge in [-0.1, -0.05) is 61.5 Å². The van der Waals surface area contributed by atoms with Gasteiger partial charge in [0.05, 0.1) is 12.5 Å². The van der Waals surface area contributed by atoms with Gasteiger partial charge in [0.2, 0.25) is 0 Å². The fraction of sp³-hybridized carbons (Fsp3) is 0.367. The van der Waals surface area contributed by atoms with Crippen LogP contribution in [0.5, 0.6) is 0 Å². The number of rotatable bonds is 9. The second-order valence-electron chi connectivity index (χ2n) is 9.28. The minimum Gasteiger partial charge on any atom is -0.468 e. The number of halogens is 1. The molecule has 1 heterocycles. The molecule has 0 aromatic heterocycles. The first-order valence-electron chi connectivity index (χ1n) is 12.5. The smallest absolute Gasteiger partial charge is 0.316 e. The zero-order valence-corrected chi connectivity index (χ0v) is 20.8. The van der Waals surface area contributed by atoms with Crippen molar-refractivity contribution < 1.29 is 13.9 Å². The molecule has 0 bridgehead atoms. The molecule has 184 valence electrons. The van der Waals surface area contributed by atoms with Crippen LogP contribution in [-0.4, -0.2) is 50.7 Å². The molecule has 1 aliphatic heterocycles. The number of piperazine rings is 1. The van der Waals surface area contributed by atoms with Gasteiger partial charge in [-0.25, -0.2) is 4.39 Å². The highest BCUT2D eigenvalue weighted by Crippen LogP contribution is 2.35. The molecule has 1 saturated heterocycles. The second kappa shape index (κ2) is 11.5. The summed E-state index contributed by atoms with van der Waals surface area (Å²) in [4.78, 5) is 17.7. The van der Waals surface area contributed by atoms with Crippen LogP contribution in [0.4, 0.5) is 10.1 Å².